The van der Waals surface area contributed by atoms with Gasteiger partial charge in [-0.1, -0.05) is 48.6 Å². The van der Waals surface area contributed by atoms with Crippen molar-refractivity contribution in [3.05, 3.63) is 60.2 Å². The lowest BCUT2D eigenvalue weighted by atomic mass is 10.1. The highest BCUT2D eigenvalue weighted by Crippen LogP contribution is 2.23. The summed E-state index contributed by atoms with van der Waals surface area (Å²) < 4.78 is 5.30. The number of nitrogens with one attached hydrogen (secondary N) is 1. The van der Waals surface area contributed by atoms with Crippen molar-refractivity contribution in [1.29, 1.82) is 0 Å². The van der Waals surface area contributed by atoms with Gasteiger partial charge < -0.3 is 10.1 Å². The minimum absolute atomic E-state index is 0.223. The SMILES string of the molecule is C/C=C/C=C/C(=O)O[C@H](C(=O)NC1CC1)c1ccccc1. The van der Waals surface area contributed by atoms with Crippen LogP contribution in [0.5, 0.6) is 0 Å². The second-order valence-corrected chi connectivity index (χ2v) is 4.90. The van der Waals surface area contributed by atoms with Gasteiger partial charge in [-0.05, 0) is 19.8 Å². The molecular weight excluding hydrogens is 266 g/mol. The summed E-state index contributed by atoms with van der Waals surface area (Å²) >= 11 is 0. The molecule has 1 fully saturated rings. The number of hydrogen-bond acceptors (Lipinski definition) is 3. The second kappa shape index (κ2) is 7.43. The monoisotopic (exact) mass is 285 g/mol. The molecule has 0 heterocycles. The minimum atomic E-state index is -0.908. The van der Waals surface area contributed by atoms with Gasteiger partial charge in [0.2, 0.25) is 6.10 Å². The Morgan fingerprint density at radius 3 is 2.57 bits per heavy atom. The normalized spacial score (nSPS) is 16.0. The number of carbonyl (C=O) groups excluding carboxylic acids is 2. The first kappa shape index (κ1) is 15.0. The lowest BCUT2D eigenvalue weighted by molar-refractivity contribution is -0.152. The Bertz CT molecular complexity index is 544. The fourth-order valence-corrected chi connectivity index (χ4v) is 1.81. The van der Waals surface area contributed by atoms with Crippen LogP contribution in [-0.2, 0) is 14.3 Å². The van der Waals surface area contributed by atoms with E-state index in [1.165, 1.54) is 6.08 Å². The Labute approximate surface area is 124 Å². The summed E-state index contributed by atoms with van der Waals surface area (Å²) in [4.78, 5) is 24.0. The van der Waals surface area contributed by atoms with Crippen LogP contribution in [0.15, 0.2) is 54.6 Å². The molecule has 4 heteroatoms. The molecule has 1 saturated carbocycles. The first-order valence-corrected chi connectivity index (χ1v) is 7.06. The van der Waals surface area contributed by atoms with Crippen LogP contribution in [0.2, 0.25) is 0 Å². The summed E-state index contributed by atoms with van der Waals surface area (Å²) in [6.45, 7) is 1.85. The Hall–Kier alpha value is -2.36. The summed E-state index contributed by atoms with van der Waals surface area (Å²) in [5, 5.41) is 2.87. The molecule has 2 rings (SSSR count). The Kier molecular flexibility index (Phi) is 5.32. The third-order valence-corrected chi connectivity index (χ3v) is 3.03. The highest BCUT2D eigenvalue weighted by Gasteiger charge is 2.30. The molecule has 21 heavy (non-hydrogen) atoms. The number of carbonyl (C=O) groups is 2. The van der Waals surface area contributed by atoms with E-state index in [9.17, 15) is 9.59 Å². The maximum atomic E-state index is 12.2. The summed E-state index contributed by atoms with van der Waals surface area (Å²) in [7, 11) is 0. The molecule has 4 nitrogen and oxygen atoms in total. The molecule has 1 N–H and O–H groups in total. The standard InChI is InChI=1S/C17H19NO3/c1-2-3-5-10-15(19)21-16(13-8-6-4-7-9-13)17(20)18-14-11-12-14/h2-10,14,16H,11-12H2,1H3,(H,18,20)/b3-2+,10-5+/t16-/m0/s1. The molecule has 1 aliphatic carbocycles. The van der Waals surface area contributed by atoms with E-state index in [4.69, 9.17) is 4.74 Å². The van der Waals surface area contributed by atoms with Gasteiger partial charge in [0, 0.05) is 17.7 Å². The fraction of sp³-hybridized carbons (Fsp3) is 0.294. The van der Waals surface area contributed by atoms with Gasteiger partial charge in [0.25, 0.3) is 5.91 Å². The molecule has 0 radical (unpaired) electrons. The minimum Gasteiger partial charge on any atom is -0.444 e. The molecule has 1 atom stereocenters. The first-order chi connectivity index (χ1) is 10.2. The molecule has 0 unspecified atom stereocenters. The van der Waals surface area contributed by atoms with E-state index in [-0.39, 0.29) is 11.9 Å². The van der Waals surface area contributed by atoms with E-state index in [2.05, 4.69) is 5.32 Å². The Balaban J connectivity index is 2.07. The van der Waals surface area contributed by atoms with Crippen LogP contribution in [0, 0.1) is 0 Å². The summed E-state index contributed by atoms with van der Waals surface area (Å²) in [5.74, 6) is -0.801. The predicted molar refractivity (Wildman–Crippen MR) is 80.4 cm³/mol. The van der Waals surface area contributed by atoms with E-state index in [1.54, 1.807) is 30.4 Å². The van der Waals surface area contributed by atoms with Crippen molar-refractivity contribution < 1.29 is 14.3 Å². The number of allylic oxidation sites excluding steroid dienone is 3. The first-order valence-electron chi connectivity index (χ1n) is 7.06. The van der Waals surface area contributed by atoms with E-state index in [1.807, 2.05) is 25.1 Å². The Morgan fingerprint density at radius 1 is 1.24 bits per heavy atom. The van der Waals surface area contributed by atoms with Gasteiger partial charge in [-0.3, -0.25) is 4.79 Å². The molecule has 0 saturated heterocycles. The smallest absolute Gasteiger partial charge is 0.331 e. The van der Waals surface area contributed by atoms with E-state index in [0.29, 0.717) is 5.56 Å². The fourth-order valence-electron chi connectivity index (χ4n) is 1.81. The maximum Gasteiger partial charge on any atom is 0.331 e. The molecule has 0 spiro atoms. The van der Waals surface area contributed by atoms with Crippen LogP contribution in [0.4, 0.5) is 0 Å². The molecule has 1 amide bonds. The van der Waals surface area contributed by atoms with Crippen molar-refractivity contribution in [2.45, 2.75) is 31.9 Å². The quantitative estimate of drug-likeness (QED) is 0.496. The molecular formula is C17H19NO3. The van der Waals surface area contributed by atoms with Gasteiger partial charge >= 0.3 is 5.97 Å². The lowest BCUT2D eigenvalue weighted by Gasteiger charge is -2.17. The third kappa shape index (κ3) is 4.91. The Morgan fingerprint density at radius 2 is 1.95 bits per heavy atom. The molecule has 0 bridgehead atoms. The van der Waals surface area contributed by atoms with Gasteiger partial charge in [0.1, 0.15) is 0 Å². The van der Waals surface area contributed by atoms with Gasteiger partial charge in [0.05, 0.1) is 0 Å². The predicted octanol–water partition coefficient (Wildman–Crippen LogP) is 2.68. The molecule has 0 aromatic heterocycles. The van der Waals surface area contributed by atoms with Crippen LogP contribution in [-0.4, -0.2) is 17.9 Å². The zero-order valence-electron chi connectivity index (χ0n) is 12.0. The van der Waals surface area contributed by atoms with E-state index < -0.39 is 12.1 Å². The number of rotatable bonds is 6. The maximum absolute atomic E-state index is 12.2. The number of hydrogen-bond donors (Lipinski definition) is 1. The number of esters is 1. The largest absolute Gasteiger partial charge is 0.444 e. The van der Waals surface area contributed by atoms with Crippen molar-refractivity contribution in [2.24, 2.45) is 0 Å². The van der Waals surface area contributed by atoms with E-state index >= 15 is 0 Å². The van der Waals surface area contributed by atoms with Crippen molar-refractivity contribution in [3.8, 4) is 0 Å². The number of ether oxygens (including phenoxy) is 1. The van der Waals surface area contributed by atoms with Crippen molar-refractivity contribution >= 4 is 11.9 Å². The molecule has 110 valence electrons. The molecule has 1 aromatic carbocycles. The van der Waals surface area contributed by atoms with Gasteiger partial charge in [-0.25, -0.2) is 4.79 Å². The molecule has 1 aliphatic rings. The van der Waals surface area contributed by atoms with Crippen LogP contribution in [0.1, 0.15) is 31.4 Å². The van der Waals surface area contributed by atoms with Crippen LogP contribution < -0.4 is 5.32 Å². The van der Waals surface area contributed by atoms with Crippen LogP contribution >= 0.6 is 0 Å². The number of benzene rings is 1. The van der Waals surface area contributed by atoms with Gasteiger partial charge in [0.15, 0.2) is 0 Å². The zero-order valence-corrected chi connectivity index (χ0v) is 12.0. The summed E-state index contributed by atoms with van der Waals surface area (Å²) in [6.07, 6.45) is 7.49. The lowest BCUT2D eigenvalue weighted by Crippen LogP contribution is -2.33. The van der Waals surface area contributed by atoms with Crippen LogP contribution in [0.3, 0.4) is 0 Å². The van der Waals surface area contributed by atoms with E-state index in [0.717, 1.165) is 12.8 Å². The second-order valence-electron chi connectivity index (χ2n) is 4.90. The number of amides is 1. The van der Waals surface area contributed by atoms with Crippen molar-refractivity contribution in [1.82, 2.24) is 5.32 Å². The van der Waals surface area contributed by atoms with Crippen molar-refractivity contribution in [2.75, 3.05) is 0 Å². The third-order valence-electron chi connectivity index (χ3n) is 3.03. The van der Waals surface area contributed by atoms with Crippen molar-refractivity contribution in [3.63, 3.8) is 0 Å². The highest BCUT2D eigenvalue weighted by atomic mass is 16.5. The van der Waals surface area contributed by atoms with Gasteiger partial charge in [-0.15, -0.1) is 0 Å². The highest BCUT2D eigenvalue weighted by molar-refractivity contribution is 5.88. The van der Waals surface area contributed by atoms with Gasteiger partial charge in [-0.2, -0.15) is 0 Å². The molecule has 1 aromatic rings. The average Bonchev–Trinajstić information content (AvgIpc) is 3.30. The molecule has 0 aliphatic heterocycles. The summed E-state index contributed by atoms with van der Waals surface area (Å²) in [6, 6.07) is 9.26. The topological polar surface area (TPSA) is 55.4 Å². The van der Waals surface area contributed by atoms with Crippen LogP contribution in [0.25, 0.3) is 0 Å². The zero-order chi connectivity index (χ0) is 15.1. The average molecular weight is 285 g/mol. The summed E-state index contributed by atoms with van der Waals surface area (Å²) in [5.41, 5.74) is 0.670.